The molecule has 5 heteroatoms. The van der Waals surface area contributed by atoms with Crippen LogP contribution < -0.4 is 10.6 Å². The molecule has 4 nitrogen and oxygen atoms in total. The fourth-order valence-electron chi connectivity index (χ4n) is 1.57. The molecule has 1 aliphatic rings. The average Bonchev–Trinajstić information content (AvgIpc) is 2.67. The number of halogens is 1. The van der Waals surface area contributed by atoms with Gasteiger partial charge >= 0.3 is 0 Å². The average molecular weight is 277 g/mol. The zero-order chi connectivity index (χ0) is 13.7. The molecule has 2 rings (SSSR count). The predicted molar refractivity (Wildman–Crippen MR) is 74.9 cm³/mol. The maximum atomic E-state index is 11.9. The largest absolute Gasteiger partial charge is 0.507 e. The minimum absolute atomic E-state index is 0.0931. The summed E-state index contributed by atoms with van der Waals surface area (Å²) in [5.41, 5.74) is 1.01. The number of phenolic OH excluding ortho intramolecular Hbond substituents is 1. The van der Waals surface area contributed by atoms with E-state index < -0.39 is 0 Å². The normalized spacial score (nSPS) is 13.4. The van der Waals surface area contributed by atoms with Crippen LogP contribution >= 0.6 is 11.6 Å². The number of hydrogen-bond donors (Lipinski definition) is 3. The van der Waals surface area contributed by atoms with Crippen molar-refractivity contribution in [3.05, 3.63) is 65.0 Å². The predicted octanol–water partition coefficient (Wildman–Crippen LogP) is 2.33. The van der Waals surface area contributed by atoms with Crippen LogP contribution in [0.15, 0.2) is 54.4 Å². The molecule has 1 heterocycles. The van der Waals surface area contributed by atoms with Gasteiger partial charge in [-0.05, 0) is 30.4 Å². The molecule has 98 valence electrons. The number of amides is 1. The lowest BCUT2D eigenvalue weighted by atomic mass is 10.2. The van der Waals surface area contributed by atoms with Crippen LogP contribution in [0.3, 0.4) is 0 Å². The van der Waals surface area contributed by atoms with Crippen LogP contribution in [0.5, 0.6) is 5.75 Å². The molecule has 0 aliphatic carbocycles. The minimum atomic E-state index is -0.375. The highest BCUT2D eigenvalue weighted by molar-refractivity contribution is 6.31. The van der Waals surface area contributed by atoms with Gasteiger partial charge in [0.1, 0.15) is 5.75 Å². The molecule has 0 spiro atoms. The number of carbonyl (C=O) groups excluding carboxylic acids is 1. The van der Waals surface area contributed by atoms with E-state index in [2.05, 4.69) is 10.6 Å². The molecule has 19 heavy (non-hydrogen) atoms. The van der Waals surface area contributed by atoms with E-state index in [1.54, 1.807) is 6.20 Å². The number of aromatic hydroxyl groups is 1. The second kappa shape index (κ2) is 6.11. The van der Waals surface area contributed by atoms with Gasteiger partial charge in [-0.2, -0.15) is 0 Å². The van der Waals surface area contributed by atoms with Crippen molar-refractivity contribution >= 4 is 17.5 Å². The first-order valence-corrected chi connectivity index (χ1v) is 6.10. The van der Waals surface area contributed by atoms with Crippen LogP contribution in [0, 0.1) is 0 Å². The first-order chi connectivity index (χ1) is 9.16. The Morgan fingerprint density at radius 1 is 1.32 bits per heavy atom. The highest BCUT2D eigenvalue weighted by Crippen LogP contribution is 2.21. The zero-order valence-electron chi connectivity index (χ0n) is 10.1. The van der Waals surface area contributed by atoms with E-state index >= 15 is 0 Å². The fourth-order valence-corrected chi connectivity index (χ4v) is 1.74. The standard InChI is InChI=1S/C14H13ClN2O2/c15-10-5-6-13(18)12(8-10)14(19)17-9-11-4-2-1-3-7-16-11/h1-8,16,18H,9H2,(H,17,19). The summed E-state index contributed by atoms with van der Waals surface area (Å²) in [6.07, 6.45) is 9.24. The van der Waals surface area contributed by atoms with Crippen LogP contribution in [-0.4, -0.2) is 17.6 Å². The summed E-state index contributed by atoms with van der Waals surface area (Å²) in [4.78, 5) is 11.9. The molecular formula is C14H13ClN2O2. The van der Waals surface area contributed by atoms with E-state index in [4.69, 9.17) is 11.6 Å². The maximum Gasteiger partial charge on any atom is 0.255 e. The summed E-state index contributed by atoms with van der Waals surface area (Å²) < 4.78 is 0. The molecule has 0 atom stereocenters. The fraction of sp³-hybridized carbons (Fsp3) is 0.0714. The molecule has 1 aromatic rings. The third-order valence-corrected chi connectivity index (χ3v) is 2.76. The molecular weight excluding hydrogens is 264 g/mol. The SMILES string of the molecule is O=C(NCC1=CC=CC=CN1)c1cc(Cl)ccc1O. The van der Waals surface area contributed by atoms with Gasteiger partial charge in [0, 0.05) is 16.9 Å². The van der Waals surface area contributed by atoms with Crippen molar-refractivity contribution in [3.8, 4) is 5.75 Å². The summed E-state index contributed by atoms with van der Waals surface area (Å²) in [5, 5.41) is 15.8. The Bertz CT molecular complexity index is 577. The van der Waals surface area contributed by atoms with Gasteiger partial charge in [0.15, 0.2) is 0 Å². The lowest BCUT2D eigenvalue weighted by Crippen LogP contribution is -2.28. The Labute approximate surface area is 116 Å². The maximum absolute atomic E-state index is 11.9. The highest BCUT2D eigenvalue weighted by atomic mass is 35.5. The Balaban J connectivity index is 2.01. The van der Waals surface area contributed by atoms with Crippen molar-refractivity contribution < 1.29 is 9.90 Å². The summed E-state index contributed by atoms with van der Waals surface area (Å²) in [6, 6.07) is 4.35. The van der Waals surface area contributed by atoms with Crippen molar-refractivity contribution in [2.45, 2.75) is 0 Å². The molecule has 0 bridgehead atoms. The van der Waals surface area contributed by atoms with Crippen LogP contribution in [0.25, 0.3) is 0 Å². The number of rotatable bonds is 3. The van der Waals surface area contributed by atoms with Gasteiger partial charge in [0.25, 0.3) is 5.91 Å². The van der Waals surface area contributed by atoms with Crippen molar-refractivity contribution in [1.82, 2.24) is 10.6 Å². The van der Waals surface area contributed by atoms with Gasteiger partial charge in [-0.25, -0.2) is 0 Å². The van der Waals surface area contributed by atoms with E-state index in [0.29, 0.717) is 11.6 Å². The molecule has 0 saturated heterocycles. The summed E-state index contributed by atoms with van der Waals surface area (Å²) in [6.45, 7) is 0.333. The summed E-state index contributed by atoms with van der Waals surface area (Å²) >= 11 is 5.80. The number of carbonyl (C=O) groups is 1. The van der Waals surface area contributed by atoms with Crippen LogP contribution in [0.2, 0.25) is 5.02 Å². The van der Waals surface area contributed by atoms with Gasteiger partial charge in [0.2, 0.25) is 0 Å². The molecule has 0 radical (unpaired) electrons. The Kier molecular flexibility index (Phi) is 4.26. The molecule has 0 saturated carbocycles. The van der Waals surface area contributed by atoms with Gasteiger partial charge in [-0.1, -0.05) is 23.8 Å². The van der Waals surface area contributed by atoms with Gasteiger partial charge in [-0.3, -0.25) is 4.79 Å². The van der Waals surface area contributed by atoms with Gasteiger partial charge in [-0.15, -0.1) is 0 Å². The van der Waals surface area contributed by atoms with Crippen molar-refractivity contribution in [2.75, 3.05) is 6.54 Å². The quantitative estimate of drug-likeness (QED) is 0.794. The molecule has 3 N–H and O–H groups in total. The smallest absolute Gasteiger partial charge is 0.255 e. The number of phenols is 1. The van der Waals surface area contributed by atoms with E-state index in [1.807, 2.05) is 24.3 Å². The molecule has 1 amide bonds. The zero-order valence-corrected chi connectivity index (χ0v) is 10.8. The monoisotopic (exact) mass is 276 g/mol. The first kappa shape index (κ1) is 13.2. The number of nitrogens with one attached hydrogen (secondary N) is 2. The van der Waals surface area contributed by atoms with Crippen LogP contribution in [0.1, 0.15) is 10.4 Å². The second-order valence-corrected chi connectivity index (χ2v) is 4.36. The molecule has 0 aromatic heterocycles. The lowest BCUT2D eigenvalue weighted by molar-refractivity contribution is 0.0954. The van der Waals surface area contributed by atoms with Crippen LogP contribution in [-0.2, 0) is 0 Å². The van der Waals surface area contributed by atoms with Crippen molar-refractivity contribution in [2.24, 2.45) is 0 Å². The third-order valence-electron chi connectivity index (χ3n) is 2.53. The van der Waals surface area contributed by atoms with E-state index in [9.17, 15) is 9.90 Å². The van der Waals surface area contributed by atoms with Crippen LogP contribution in [0.4, 0.5) is 0 Å². The van der Waals surface area contributed by atoms with Gasteiger partial charge in [0.05, 0.1) is 12.1 Å². The lowest BCUT2D eigenvalue weighted by Gasteiger charge is -2.09. The van der Waals surface area contributed by atoms with Crippen molar-refractivity contribution in [1.29, 1.82) is 0 Å². The second-order valence-electron chi connectivity index (χ2n) is 3.92. The molecule has 1 aliphatic heterocycles. The molecule has 0 unspecified atom stereocenters. The van der Waals surface area contributed by atoms with Gasteiger partial charge < -0.3 is 15.7 Å². The van der Waals surface area contributed by atoms with E-state index in [-0.39, 0.29) is 17.2 Å². The minimum Gasteiger partial charge on any atom is -0.507 e. The topological polar surface area (TPSA) is 61.4 Å². The molecule has 1 aromatic carbocycles. The van der Waals surface area contributed by atoms with E-state index in [0.717, 1.165) is 5.70 Å². The number of benzene rings is 1. The summed E-state index contributed by atoms with van der Waals surface area (Å²) in [7, 11) is 0. The highest BCUT2D eigenvalue weighted by Gasteiger charge is 2.11. The number of hydrogen-bond acceptors (Lipinski definition) is 3. The van der Waals surface area contributed by atoms with E-state index in [1.165, 1.54) is 18.2 Å². The Morgan fingerprint density at radius 3 is 3.00 bits per heavy atom. The Morgan fingerprint density at radius 2 is 2.16 bits per heavy atom. The summed E-state index contributed by atoms with van der Waals surface area (Å²) in [5.74, 6) is -0.468. The van der Waals surface area contributed by atoms with Crippen molar-refractivity contribution in [3.63, 3.8) is 0 Å². The molecule has 0 fully saturated rings. The number of allylic oxidation sites excluding steroid dienone is 4. The Hall–Kier alpha value is -2.20. The third kappa shape index (κ3) is 3.63. The first-order valence-electron chi connectivity index (χ1n) is 5.72.